The maximum absolute atomic E-state index is 6.12. The Hall–Kier alpha value is -0.120. The fraction of sp³-hybridized carbons (Fsp3) is 1.00. The summed E-state index contributed by atoms with van der Waals surface area (Å²) in [7, 11) is 2.23. The van der Waals surface area contributed by atoms with Gasteiger partial charge in [0.25, 0.3) is 0 Å². The summed E-state index contributed by atoms with van der Waals surface area (Å²) in [5, 5.41) is 0. The largest absolute Gasteiger partial charge is 0.327 e. The fourth-order valence-corrected chi connectivity index (χ4v) is 3.10. The van der Waals surface area contributed by atoms with Crippen molar-refractivity contribution in [1.29, 1.82) is 0 Å². The van der Waals surface area contributed by atoms with Crippen LogP contribution in [0.3, 0.4) is 0 Å². The van der Waals surface area contributed by atoms with Crippen LogP contribution in [0.1, 0.15) is 32.6 Å². The third-order valence-corrected chi connectivity index (χ3v) is 4.58. The first-order valence-electron chi connectivity index (χ1n) is 6.85. The Bertz CT molecular complexity index is 219. The molecular weight excluding hydrogens is 198 g/mol. The lowest BCUT2D eigenvalue weighted by molar-refractivity contribution is 0.0998. The maximum Gasteiger partial charge on any atom is 0.0192 e. The first-order chi connectivity index (χ1) is 7.66. The van der Waals surface area contributed by atoms with Crippen molar-refractivity contribution in [2.75, 3.05) is 33.2 Å². The maximum atomic E-state index is 6.12. The molecule has 0 aromatic carbocycles. The molecule has 2 fully saturated rings. The van der Waals surface area contributed by atoms with Crippen molar-refractivity contribution in [3.8, 4) is 0 Å². The van der Waals surface area contributed by atoms with Gasteiger partial charge < -0.3 is 15.5 Å². The van der Waals surface area contributed by atoms with E-state index in [-0.39, 0.29) is 0 Å². The second kappa shape index (κ2) is 5.48. The van der Waals surface area contributed by atoms with Gasteiger partial charge in [-0.1, -0.05) is 6.42 Å². The Morgan fingerprint density at radius 1 is 1.25 bits per heavy atom. The summed E-state index contributed by atoms with van der Waals surface area (Å²) in [6.45, 7) is 7.28. The van der Waals surface area contributed by atoms with Crippen molar-refractivity contribution in [3.63, 3.8) is 0 Å². The van der Waals surface area contributed by atoms with Crippen molar-refractivity contribution >= 4 is 0 Å². The zero-order valence-corrected chi connectivity index (χ0v) is 10.9. The Morgan fingerprint density at radius 3 is 2.69 bits per heavy atom. The van der Waals surface area contributed by atoms with Crippen LogP contribution in [0.25, 0.3) is 0 Å². The molecule has 3 nitrogen and oxygen atoms in total. The summed E-state index contributed by atoms with van der Waals surface area (Å²) in [5.41, 5.74) is 6.12. The summed E-state index contributed by atoms with van der Waals surface area (Å²) >= 11 is 0. The van der Waals surface area contributed by atoms with E-state index in [4.69, 9.17) is 5.73 Å². The predicted octanol–water partition coefficient (Wildman–Crippen LogP) is 1.14. The minimum Gasteiger partial charge on any atom is -0.327 e. The van der Waals surface area contributed by atoms with Gasteiger partial charge in [0, 0.05) is 31.7 Å². The molecule has 2 aliphatic rings. The van der Waals surface area contributed by atoms with Crippen molar-refractivity contribution in [2.45, 2.75) is 44.7 Å². The average molecular weight is 225 g/mol. The van der Waals surface area contributed by atoms with E-state index >= 15 is 0 Å². The average Bonchev–Trinajstić information content (AvgIpc) is 2.66. The molecule has 1 saturated carbocycles. The number of hydrogen-bond donors (Lipinski definition) is 1. The van der Waals surface area contributed by atoms with Crippen molar-refractivity contribution in [3.05, 3.63) is 0 Å². The van der Waals surface area contributed by atoms with Gasteiger partial charge in [0.05, 0.1) is 0 Å². The van der Waals surface area contributed by atoms with Crippen LogP contribution in [0.4, 0.5) is 0 Å². The van der Waals surface area contributed by atoms with Crippen LogP contribution in [0.15, 0.2) is 0 Å². The van der Waals surface area contributed by atoms with E-state index < -0.39 is 0 Å². The van der Waals surface area contributed by atoms with E-state index in [9.17, 15) is 0 Å². The van der Waals surface area contributed by atoms with Crippen LogP contribution < -0.4 is 5.73 Å². The molecule has 94 valence electrons. The van der Waals surface area contributed by atoms with Gasteiger partial charge in [-0.2, -0.15) is 0 Å². The minimum absolute atomic E-state index is 0.491. The number of nitrogens with zero attached hydrogens (tertiary/aromatic N) is 2. The molecule has 16 heavy (non-hydrogen) atoms. The molecule has 0 aromatic rings. The van der Waals surface area contributed by atoms with E-state index in [1.165, 1.54) is 51.9 Å². The van der Waals surface area contributed by atoms with Crippen LogP contribution in [-0.2, 0) is 0 Å². The molecule has 0 spiro atoms. The van der Waals surface area contributed by atoms with Gasteiger partial charge in [0.2, 0.25) is 0 Å². The summed E-state index contributed by atoms with van der Waals surface area (Å²) in [4.78, 5) is 5.08. The summed E-state index contributed by atoms with van der Waals surface area (Å²) in [6, 6.07) is 1.20. The van der Waals surface area contributed by atoms with Gasteiger partial charge in [-0.25, -0.2) is 0 Å². The Kier molecular flexibility index (Phi) is 4.22. The zero-order valence-electron chi connectivity index (χ0n) is 10.9. The van der Waals surface area contributed by atoms with Gasteiger partial charge in [-0.05, 0) is 45.7 Å². The van der Waals surface area contributed by atoms with Crippen molar-refractivity contribution < 1.29 is 0 Å². The Morgan fingerprint density at radius 2 is 2.06 bits per heavy atom. The topological polar surface area (TPSA) is 32.5 Å². The van der Waals surface area contributed by atoms with E-state index in [1.807, 2.05) is 0 Å². The molecule has 1 aliphatic heterocycles. The molecule has 2 rings (SSSR count). The van der Waals surface area contributed by atoms with E-state index in [0.29, 0.717) is 12.1 Å². The summed E-state index contributed by atoms with van der Waals surface area (Å²) in [6.07, 6.45) is 5.29. The van der Waals surface area contributed by atoms with Crippen LogP contribution in [0.5, 0.6) is 0 Å². The molecule has 3 heteroatoms. The summed E-state index contributed by atoms with van der Waals surface area (Å²) in [5.74, 6) is 0.801. The third kappa shape index (κ3) is 2.96. The van der Waals surface area contributed by atoms with E-state index in [0.717, 1.165) is 5.92 Å². The van der Waals surface area contributed by atoms with Gasteiger partial charge >= 0.3 is 0 Å². The molecule has 0 radical (unpaired) electrons. The Labute approximate surface area is 100.0 Å². The monoisotopic (exact) mass is 225 g/mol. The van der Waals surface area contributed by atoms with E-state index in [2.05, 4.69) is 23.8 Å². The van der Waals surface area contributed by atoms with Gasteiger partial charge in [0.1, 0.15) is 0 Å². The smallest absolute Gasteiger partial charge is 0.0192 e. The lowest BCUT2D eigenvalue weighted by Gasteiger charge is -2.38. The zero-order chi connectivity index (χ0) is 11.5. The van der Waals surface area contributed by atoms with Gasteiger partial charge in [0.15, 0.2) is 0 Å². The van der Waals surface area contributed by atoms with Crippen LogP contribution >= 0.6 is 0 Å². The highest BCUT2D eigenvalue weighted by Gasteiger charge is 2.26. The fourth-order valence-electron chi connectivity index (χ4n) is 3.10. The normalized spacial score (nSPS) is 38.1. The predicted molar refractivity (Wildman–Crippen MR) is 68.5 cm³/mol. The van der Waals surface area contributed by atoms with Crippen LogP contribution in [0, 0.1) is 5.92 Å². The standard InChI is InChI=1S/C13H27N3/c1-11-10-16(9-8-15(11)2)7-6-12-4-3-5-13(12)14/h11-13H,3-10,14H2,1-2H3. The SMILES string of the molecule is CC1CN(CCC2CCCC2N)CCN1C. The van der Waals surface area contributed by atoms with Crippen LogP contribution in [-0.4, -0.2) is 55.1 Å². The molecule has 1 heterocycles. The molecular formula is C13H27N3. The summed E-state index contributed by atoms with van der Waals surface area (Å²) < 4.78 is 0. The molecule has 2 N–H and O–H groups in total. The number of nitrogens with two attached hydrogens (primary N) is 1. The minimum atomic E-state index is 0.491. The van der Waals surface area contributed by atoms with Crippen molar-refractivity contribution in [1.82, 2.24) is 9.80 Å². The molecule has 0 bridgehead atoms. The highest BCUT2D eigenvalue weighted by Crippen LogP contribution is 2.27. The highest BCUT2D eigenvalue weighted by atomic mass is 15.3. The van der Waals surface area contributed by atoms with Gasteiger partial charge in [-0.15, -0.1) is 0 Å². The number of piperazine rings is 1. The molecule has 3 atom stereocenters. The first kappa shape index (κ1) is 12.3. The lowest BCUT2D eigenvalue weighted by atomic mass is 9.99. The van der Waals surface area contributed by atoms with Gasteiger partial charge in [-0.3, -0.25) is 0 Å². The molecule has 3 unspecified atom stereocenters. The molecule has 1 saturated heterocycles. The number of hydrogen-bond acceptors (Lipinski definition) is 3. The molecule has 1 aliphatic carbocycles. The second-order valence-electron chi connectivity index (χ2n) is 5.77. The van der Waals surface area contributed by atoms with Crippen LogP contribution in [0.2, 0.25) is 0 Å². The van der Waals surface area contributed by atoms with E-state index in [1.54, 1.807) is 0 Å². The number of rotatable bonds is 3. The quantitative estimate of drug-likeness (QED) is 0.782. The first-order valence-corrected chi connectivity index (χ1v) is 6.85. The highest BCUT2D eigenvalue weighted by molar-refractivity contribution is 4.82. The number of likely N-dealkylation sites (N-methyl/N-ethyl adjacent to an activating group) is 1. The third-order valence-electron chi connectivity index (χ3n) is 4.58. The van der Waals surface area contributed by atoms with Crippen molar-refractivity contribution in [2.24, 2.45) is 11.7 Å². The second-order valence-corrected chi connectivity index (χ2v) is 5.77. The molecule has 0 amide bonds. The Balaban J connectivity index is 1.70. The molecule has 0 aromatic heterocycles. The lowest BCUT2D eigenvalue weighted by Crippen LogP contribution is -2.50.